The minimum atomic E-state index is -6.91. The largest absolute Gasteiger partial charge is 0.460 e. The van der Waals surface area contributed by atoms with E-state index in [0.29, 0.717) is 6.07 Å². The average molecular weight is 345 g/mol. The Morgan fingerprint density at radius 2 is 1.26 bits per heavy atom. The van der Waals surface area contributed by atoms with Gasteiger partial charge in [-0.15, -0.1) is 0 Å². The van der Waals surface area contributed by atoms with Crippen molar-refractivity contribution in [3.63, 3.8) is 0 Å². The Hall–Kier alpha value is -1.93. The molecule has 0 aromatic heterocycles. The maximum Gasteiger partial charge on any atom is 0.460 e. The van der Waals surface area contributed by atoms with Crippen molar-refractivity contribution in [3.8, 4) is 0 Å². The predicted molar refractivity (Wildman–Crippen MR) is 62.6 cm³/mol. The second kappa shape index (κ2) is 5.04. The molecule has 0 saturated heterocycles. The zero-order valence-electron chi connectivity index (χ0n) is 10.9. The first-order valence-corrected chi connectivity index (χ1v) is 5.94. The third kappa shape index (κ3) is 2.42. The second-order valence-electron chi connectivity index (χ2n) is 4.66. The lowest BCUT2D eigenvalue weighted by atomic mass is 9.92. The first-order valence-electron chi connectivity index (χ1n) is 5.94. The van der Waals surface area contributed by atoms with Crippen LogP contribution in [0.2, 0.25) is 0 Å². The Kier molecular flexibility index (Phi) is 3.82. The smallest absolute Gasteiger partial charge is 0.194 e. The minimum absolute atomic E-state index is 0.129. The summed E-state index contributed by atoms with van der Waals surface area (Å²) in [5.74, 6) is -19.4. The zero-order valence-corrected chi connectivity index (χ0v) is 10.9. The van der Waals surface area contributed by atoms with Crippen LogP contribution in [0, 0.1) is 6.07 Å². The summed E-state index contributed by atoms with van der Waals surface area (Å²) in [6.07, 6.45) is -6.84. The first-order chi connectivity index (χ1) is 10.3. The van der Waals surface area contributed by atoms with E-state index in [1.807, 2.05) is 0 Å². The molecule has 0 heterocycles. The van der Waals surface area contributed by atoms with Crippen LogP contribution < -0.4 is 0 Å². The predicted octanol–water partition coefficient (Wildman–Crippen LogP) is 5.56. The summed E-state index contributed by atoms with van der Waals surface area (Å²) in [6.45, 7) is 0. The molecular formula is C14H6F9. The van der Waals surface area contributed by atoms with Gasteiger partial charge in [0, 0.05) is 5.56 Å². The molecule has 0 aliphatic carbocycles. The number of alkyl halides is 9. The van der Waals surface area contributed by atoms with Crippen molar-refractivity contribution < 1.29 is 39.5 Å². The van der Waals surface area contributed by atoms with Gasteiger partial charge in [0.1, 0.15) is 0 Å². The normalized spacial score (nSPS) is 14.3. The van der Waals surface area contributed by atoms with Gasteiger partial charge in [-0.3, -0.25) is 0 Å². The Labute approximate surface area is 123 Å². The summed E-state index contributed by atoms with van der Waals surface area (Å²) in [5, 5.41) is -0.728. The van der Waals surface area contributed by atoms with E-state index < -0.39 is 34.9 Å². The number of hydrogen-bond donors (Lipinski definition) is 0. The highest BCUT2D eigenvalue weighted by molar-refractivity contribution is 5.85. The highest BCUT2D eigenvalue weighted by Gasteiger charge is 2.82. The van der Waals surface area contributed by atoms with E-state index in [1.54, 1.807) is 0 Å². The molecule has 0 aliphatic rings. The molecule has 2 rings (SSSR count). The number of fused-ring (bicyclic) bond motifs is 1. The minimum Gasteiger partial charge on any atom is -0.194 e. The van der Waals surface area contributed by atoms with Crippen molar-refractivity contribution in [2.75, 3.05) is 0 Å². The van der Waals surface area contributed by atoms with Crippen LogP contribution in [0.1, 0.15) is 5.56 Å². The highest BCUT2D eigenvalue weighted by atomic mass is 19.4. The number of halogens is 9. The molecule has 0 nitrogen and oxygen atoms in total. The van der Waals surface area contributed by atoms with Gasteiger partial charge in [-0.1, -0.05) is 36.4 Å². The van der Waals surface area contributed by atoms with Gasteiger partial charge >= 0.3 is 23.9 Å². The van der Waals surface area contributed by atoms with Crippen molar-refractivity contribution in [3.05, 3.63) is 48.0 Å². The van der Waals surface area contributed by atoms with E-state index in [-0.39, 0.29) is 5.39 Å². The zero-order chi connectivity index (χ0) is 17.7. The molecule has 0 unspecified atom stereocenters. The Bertz CT molecular complexity index is 710. The molecule has 0 saturated carbocycles. The van der Waals surface area contributed by atoms with Crippen molar-refractivity contribution in [2.24, 2.45) is 0 Å². The quantitative estimate of drug-likeness (QED) is 0.639. The molecule has 1 radical (unpaired) electrons. The Balaban J connectivity index is 2.69. The van der Waals surface area contributed by atoms with Crippen LogP contribution >= 0.6 is 0 Å². The summed E-state index contributed by atoms with van der Waals surface area (Å²) in [5.41, 5.74) is -1.64. The van der Waals surface area contributed by atoms with Crippen molar-refractivity contribution in [1.29, 1.82) is 0 Å². The molecule has 0 amide bonds. The van der Waals surface area contributed by atoms with Crippen molar-refractivity contribution >= 4 is 10.8 Å². The molecule has 125 valence electrons. The standard InChI is InChI=1S/C14H6F9/c15-11(16,12(17,18)13(19,20)14(21,22)23)10-7-3-5-8-4-1-2-6-9(8)10/h1-4,6-7H. The first kappa shape index (κ1) is 17.4. The van der Waals surface area contributed by atoms with Crippen LogP contribution in [0.15, 0.2) is 36.4 Å². The van der Waals surface area contributed by atoms with Gasteiger partial charge in [-0.25, -0.2) is 0 Å². The summed E-state index contributed by atoms with van der Waals surface area (Å²) >= 11 is 0. The molecular weight excluding hydrogens is 339 g/mol. The van der Waals surface area contributed by atoms with Gasteiger partial charge in [0.2, 0.25) is 0 Å². The molecule has 0 fully saturated rings. The van der Waals surface area contributed by atoms with Gasteiger partial charge in [0.25, 0.3) is 0 Å². The maximum absolute atomic E-state index is 13.9. The number of rotatable bonds is 3. The van der Waals surface area contributed by atoms with E-state index in [0.717, 1.165) is 18.2 Å². The lowest BCUT2D eigenvalue weighted by Gasteiger charge is -2.34. The van der Waals surface area contributed by atoms with E-state index in [1.165, 1.54) is 12.1 Å². The Morgan fingerprint density at radius 3 is 1.83 bits per heavy atom. The van der Waals surface area contributed by atoms with Crippen LogP contribution in [0.4, 0.5) is 39.5 Å². The van der Waals surface area contributed by atoms with E-state index >= 15 is 0 Å². The van der Waals surface area contributed by atoms with Crippen LogP contribution in [-0.2, 0) is 5.92 Å². The molecule has 0 bridgehead atoms. The lowest BCUT2D eigenvalue weighted by Crippen LogP contribution is -2.59. The molecule has 9 heteroatoms. The van der Waals surface area contributed by atoms with Crippen molar-refractivity contribution in [2.45, 2.75) is 23.9 Å². The van der Waals surface area contributed by atoms with E-state index in [4.69, 9.17) is 0 Å². The van der Waals surface area contributed by atoms with Gasteiger partial charge in [-0.05, 0) is 16.8 Å². The molecule has 0 spiro atoms. The lowest BCUT2D eigenvalue weighted by molar-refractivity contribution is -0.399. The van der Waals surface area contributed by atoms with Crippen molar-refractivity contribution in [1.82, 2.24) is 0 Å². The fourth-order valence-electron chi connectivity index (χ4n) is 1.97. The summed E-state index contributed by atoms with van der Waals surface area (Å²) in [7, 11) is 0. The van der Waals surface area contributed by atoms with Gasteiger partial charge in [0.05, 0.1) is 0 Å². The fourth-order valence-corrected chi connectivity index (χ4v) is 1.97. The Morgan fingerprint density at radius 1 is 0.696 bits per heavy atom. The summed E-state index contributed by atoms with van der Waals surface area (Å²) in [4.78, 5) is 0. The molecule has 2 aromatic carbocycles. The maximum atomic E-state index is 13.9. The monoisotopic (exact) mass is 345 g/mol. The van der Waals surface area contributed by atoms with E-state index in [2.05, 4.69) is 6.07 Å². The molecule has 0 aliphatic heterocycles. The topological polar surface area (TPSA) is 0 Å². The average Bonchev–Trinajstić information content (AvgIpc) is 2.45. The molecule has 0 atom stereocenters. The van der Waals surface area contributed by atoms with Gasteiger partial charge in [-0.2, -0.15) is 39.5 Å². The molecule has 0 N–H and O–H groups in total. The number of hydrogen-bond acceptors (Lipinski definition) is 0. The second-order valence-corrected chi connectivity index (χ2v) is 4.66. The molecule has 2 aromatic rings. The SMILES string of the molecule is FC(F)(F)C(F)(F)C(F)(F)C(F)(F)c1cc[c]c2ccccc12. The fraction of sp³-hybridized carbons (Fsp3) is 0.286. The van der Waals surface area contributed by atoms with E-state index in [9.17, 15) is 39.5 Å². The third-order valence-electron chi connectivity index (χ3n) is 3.19. The van der Waals surface area contributed by atoms with Crippen LogP contribution in [0.3, 0.4) is 0 Å². The van der Waals surface area contributed by atoms with Gasteiger partial charge < -0.3 is 0 Å². The van der Waals surface area contributed by atoms with Gasteiger partial charge in [0.15, 0.2) is 0 Å². The van der Waals surface area contributed by atoms with Crippen LogP contribution in [0.5, 0.6) is 0 Å². The summed E-state index contributed by atoms with van der Waals surface area (Å²) < 4.78 is 117. The molecule has 23 heavy (non-hydrogen) atoms. The van der Waals surface area contributed by atoms with Crippen LogP contribution in [-0.4, -0.2) is 18.0 Å². The highest BCUT2D eigenvalue weighted by Crippen LogP contribution is 2.57. The summed E-state index contributed by atoms with van der Waals surface area (Å²) in [6, 6.07) is 8.04. The third-order valence-corrected chi connectivity index (χ3v) is 3.19. The number of benzene rings is 2. The van der Waals surface area contributed by atoms with Crippen LogP contribution in [0.25, 0.3) is 10.8 Å².